The predicted molar refractivity (Wildman–Crippen MR) is 56.0 cm³/mol. The normalized spacial score (nSPS) is 11.1. The Morgan fingerprint density at radius 3 is 2.57 bits per heavy atom. The SMILES string of the molecule is CC/C(=N/OC)OCc1ccccc1. The molecule has 0 aliphatic heterocycles. The highest BCUT2D eigenvalue weighted by molar-refractivity contribution is 5.75. The van der Waals surface area contributed by atoms with E-state index >= 15 is 0 Å². The van der Waals surface area contributed by atoms with E-state index in [0.717, 1.165) is 12.0 Å². The number of nitrogens with zero attached hydrogens (tertiary/aromatic N) is 1. The molecule has 0 spiro atoms. The van der Waals surface area contributed by atoms with E-state index in [9.17, 15) is 0 Å². The van der Waals surface area contributed by atoms with Crippen LogP contribution in [0, 0.1) is 0 Å². The molecule has 0 aliphatic carbocycles. The van der Waals surface area contributed by atoms with Crippen LogP contribution in [0.25, 0.3) is 0 Å². The van der Waals surface area contributed by atoms with E-state index in [2.05, 4.69) is 9.99 Å². The molecule has 0 heterocycles. The minimum atomic E-state index is 0.539. The van der Waals surface area contributed by atoms with Gasteiger partial charge in [-0.3, -0.25) is 0 Å². The summed E-state index contributed by atoms with van der Waals surface area (Å²) in [4.78, 5) is 4.65. The summed E-state index contributed by atoms with van der Waals surface area (Å²) in [7, 11) is 1.52. The third kappa shape index (κ3) is 3.47. The number of ether oxygens (including phenoxy) is 1. The van der Waals surface area contributed by atoms with Crippen LogP contribution in [0.5, 0.6) is 0 Å². The van der Waals surface area contributed by atoms with Crippen LogP contribution in [0.15, 0.2) is 35.5 Å². The standard InChI is InChI=1S/C11H15NO2/c1-3-11(12-13-2)14-9-10-7-5-4-6-8-10/h4-8H,3,9H2,1-2H3/b12-11-. The average Bonchev–Trinajstić information content (AvgIpc) is 2.25. The van der Waals surface area contributed by atoms with E-state index < -0.39 is 0 Å². The Balaban J connectivity index is 2.44. The summed E-state index contributed by atoms with van der Waals surface area (Å²) in [6.07, 6.45) is 0.737. The lowest BCUT2D eigenvalue weighted by atomic mass is 10.2. The summed E-state index contributed by atoms with van der Waals surface area (Å²) in [5.74, 6) is 0.622. The lowest BCUT2D eigenvalue weighted by molar-refractivity contribution is 0.184. The van der Waals surface area contributed by atoms with Crippen molar-refractivity contribution in [3.05, 3.63) is 35.9 Å². The largest absolute Gasteiger partial charge is 0.474 e. The Hall–Kier alpha value is -1.51. The fourth-order valence-electron chi connectivity index (χ4n) is 1.04. The summed E-state index contributed by atoms with van der Waals surface area (Å²) in [6.45, 7) is 2.51. The van der Waals surface area contributed by atoms with Crippen LogP contribution in [0.3, 0.4) is 0 Å². The second kappa shape index (κ2) is 6.02. The van der Waals surface area contributed by atoms with Gasteiger partial charge in [0.25, 0.3) is 0 Å². The molecule has 0 saturated heterocycles. The van der Waals surface area contributed by atoms with Gasteiger partial charge in [-0.25, -0.2) is 0 Å². The summed E-state index contributed by atoms with van der Waals surface area (Å²) >= 11 is 0. The van der Waals surface area contributed by atoms with Crippen molar-refractivity contribution in [1.29, 1.82) is 0 Å². The third-order valence-corrected chi connectivity index (χ3v) is 1.74. The van der Waals surface area contributed by atoms with Gasteiger partial charge in [0.1, 0.15) is 13.7 Å². The molecule has 1 aromatic carbocycles. The van der Waals surface area contributed by atoms with Gasteiger partial charge < -0.3 is 9.57 Å². The zero-order chi connectivity index (χ0) is 10.2. The van der Waals surface area contributed by atoms with Gasteiger partial charge in [-0.2, -0.15) is 0 Å². The van der Waals surface area contributed by atoms with Crippen molar-refractivity contribution in [3.63, 3.8) is 0 Å². The van der Waals surface area contributed by atoms with E-state index in [0.29, 0.717) is 12.5 Å². The maximum atomic E-state index is 5.44. The molecule has 1 aromatic rings. The number of benzene rings is 1. The minimum absolute atomic E-state index is 0.539. The first-order valence-electron chi connectivity index (χ1n) is 4.63. The Bertz CT molecular complexity index is 283. The molecule has 3 heteroatoms. The van der Waals surface area contributed by atoms with Gasteiger partial charge in [0.2, 0.25) is 5.90 Å². The highest BCUT2D eigenvalue weighted by atomic mass is 16.6. The van der Waals surface area contributed by atoms with Crippen LogP contribution < -0.4 is 0 Å². The Labute approximate surface area is 84.3 Å². The molecule has 0 bridgehead atoms. The van der Waals surface area contributed by atoms with Gasteiger partial charge >= 0.3 is 0 Å². The molecule has 0 amide bonds. The van der Waals surface area contributed by atoms with Crippen LogP contribution in [-0.2, 0) is 16.2 Å². The fraction of sp³-hybridized carbons (Fsp3) is 0.364. The van der Waals surface area contributed by atoms with Crippen LogP contribution in [0.2, 0.25) is 0 Å². The molecule has 1 rings (SSSR count). The van der Waals surface area contributed by atoms with Gasteiger partial charge in [-0.15, -0.1) is 0 Å². The van der Waals surface area contributed by atoms with E-state index in [1.807, 2.05) is 37.3 Å². The number of hydrogen-bond donors (Lipinski definition) is 0. The lowest BCUT2D eigenvalue weighted by Crippen LogP contribution is -2.03. The lowest BCUT2D eigenvalue weighted by Gasteiger charge is -2.06. The quantitative estimate of drug-likeness (QED) is 0.418. The molecule has 76 valence electrons. The predicted octanol–water partition coefficient (Wildman–Crippen LogP) is 2.57. The molecule has 0 saturated carbocycles. The zero-order valence-electron chi connectivity index (χ0n) is 8.56. The molecule has 0 N–H and O–H groups in total. The van der Waals surface area contributed by atoms with Crippen LogP contribution in [0.1, 0.15) is 18.9 Å². The molecule has 3 nitrogen and oxygen atoms in total. The summed E-state index contributed by atoms with van der Waals surface area (Å²) in [5, 5.41) is 3.75. The molecule has 0 fully saturated rings. The topological polar surface area (TPSA) is 30.8 Å². The van der Waals surface area contributed by atoms with Crippen molar-refractivity contribution in [2.24, 2.45) is 5.16 Å². The molecular formula is C11H15NO2. The maximum absolute atomic E-state index is 5.44. The van der Waals surface area contributed by atoms with Crippen molar-refractivity contribution in [2.45, 2.75) is 20.0 Å². The fourth-order valence-corrected chi connectivity index (χ4v) is 1.04. The van der Waals surface area contributed by atoms with Crippen LogP contribution in [-0.4, -0.2) is 13.0 Å². The van der Waals surface area contributed by atoms with Crippen molar-refractivity contribution >= 4 is 5.90 Å². The molecule has 0 radical (unpaired) electrons. The van der Waals surface area contributed by atoms with Crippen molar-refractivity contribution in [3.8, 4) is 0 Å². The summed E-state index contributed by atoms with van der Waals surface area (Å²) in [6, 6.07) is 9.98. The van der Waals surface area contributed by atoms with E-state index in [1.165, 1.54) is 7.11 Å². The Morgan fingerprint density at radius 2 is 2.00 bits per heavy atom. The van der Waals surface area contributed by atoms with Crippen molar-refractivity contribution in [2.75, 3.05) is 7.11 Å². The second-order valence-electron chi connectivity index (χ2n) is 2.80. The van der Waals surface area contributed by atoms with Gasteiger partial charge in [-0.1, -0.05) is 42.4 Å². The molecule has 0 atom stereocenters. The van der Waals surface area contributed by atoms with Crippen molar-refractivity contribution < 1.29 is 9.57 Å². The Kier molecular flexibility index (Phi) is 4.55. The number of rotatable bonds is 4. The molecule has 0 aromatic heterocycles. The van der Waals surface area contributed by atoms with Crippen molar-refractivity contribution in [1.82, 2.24) is 0 Å². The second-order valence-corrected chi connectivity index (χ2v) is 2.80. The zero-order valence-corrected chi connectivity index (χ0v) is 8.56. The highest BCUT2D eigenvalue weighted by Gasteiger charge is 1.98. The van der Waals surface area contributed by atoms with Gasteiger partial charge in [0.05, 0.1) is 0 Å². The highest BCUT2D eigenvalue weighted by Crippen LogP contribution is 2.02. The van der Waals surface area contributed by atoms with Crippen LogP contribution >= 0.6 is 0 Å². The first kappa shape index (κ1) is 10.6. The first-order valence-corrected chi connectivity index (χ1v) is 4.63. The number of oxime groups is 1. The van der Waals surface area contributed by atoms with E-state index in [-0.39, 0.29) is 0 Å². The number of hydrogen-bond acceptors (Lipinski definition) is 3. The third-order valence-electron chi connectivity index (χ3n) is 1.74. The van der Waals surface area contributed by atoms with Crippen LogP contribution in [0.4, 0.5) is 0 Å². The summed E-state index contributed by atoms with van der Waals surface area (Å²) < 4.78 is 5.44. The van der Waals surface area contributed by atoms with E-state index in [4.69, 9.17) is 4.74 Å². The first-order chi connectivity index (χ1) is 6.86. The van der Waals surface area contributed by atoms with E-state index in [1.54, 1.807) is 0 Å². The molecule has 0 aliphatic rings. The smallest absolute Gasteiger partial charge is 0.225 e. The summed E-state index contributed by atoms with van der Waals surface area (Å²) in [5.41, 5.74) is 1.13. The Morgan fingerprint density at radius 1 is 1.29 bits per heavy atom. The monoisotopic (exact) mass is 193 g/mol. The van der Waals surface area contributed by atoms with Gasteiger partial charge in [-0.05, 0) is 5.56 Å². The van der Waals surface area contributed by atoms with Gasteiger partial charge in [0.15, 0.2) is 0 Å². The molecule has 0 unspecified atom stereocenters. The molecular weight excluding hydrogens is 178 g/mol. The average molecular weight is 193 g/mol. The maximum Gasteiger partial charge on any atom is 0.225 e. The minimum Gasteiger partial charge on any atom is -0.474 e. The van der Waals surface area contributed by atoms with Gasteiger partial charge in [0, 0.05) is 6.42 Å². The molecule has 14 heavy (non-hydrogen) atoms.